The summed E-state index contributed by atoms with van der Waals surface area (Å²) in [5.74, 6) is 1.93. The molecule has 0 unspecified atom stereocenters. The van der Waals surface area contributed by atoms with Crippen molar-refractivity contribution < 1.29 is 23.5 Å². The molecule has 0 aliphatic heterocycles. The molecule has 0 atom stereocenters. The van der Waals surface area contributed by atoms with Gasteiger partial charge in [0.05, 0.1) is 31.4 Å². The first-order valence-electron chi connectivity index (χ1n) is 7.64. The molecule has 0 fully saturated rings. The van der Waals surface area contributed by atoms with E-state index in [1.54, 1.807) is 20.1 Å². The lowest BCUT2D eigenvalue weighted by atomic mass is 10.2. The fourth-order valence-electron chi connectivity index (χ4n) is 2.28. The number of furan rings is 1. The molecular weight excluding hydrogens is 342 g/mol. The van der Waals surface area contributed by atoms with Crippen LogP contribution in [0.3, 0.4) is 0 Å². The van der Waals surface area contributed by atoms with Crippen molar-refractivity contribution in [3.8, 4) is 5.75 Å². The van der Waals surface area contributed by atoms with E-state index in [9.17, 15) is 9.59 Å². The van der Waals surface area contributed by atoms with Crippen molar-refractivity contribution in [2.45, 2.75) is 19.6 Å². The van der Waals surface area contributed by atoms with Crippen LogP contribution in [0.4, 0.5) is 5.69 Å². The lowest BCUT2D eigenvalue weighted by molar-refractivity contribution is -0.113. The number of benzene rings is 1. The highest BCUT2D eigenvalue weighted by atomic mass is 32.2. The lowest BCUT2D eigenvalue weighted by Crippen LogP contribution is -2.15. The highest BCUT2D eigenvalue weighted by Gasteiger charge is 2.15. The minimum absolute atomic E-state index is 0.134. The molecule has 0 aliphatic carbocycles. The maximum atomic E-state index is 12.1. The van der Waals surface area contributed by atoms with Crippen LogP contribution in [-0.2, 0) is 15.3 Å². The van der Waals surface area contributed by atoms with Crippen molar-refractivity contribution in [2.24, 2.45) is 0 Å². The third-order valence-electron chi connectivity index (χ3n) is 3.48. The Kier molecular flexibility index (Phi) is 6.52. The van der Waals surface area contributed by atoms with Crippen molar-refractivity contribution in [1.29, 1.82) is 0 Å². The van der Waals surface area contributed by atoms with Crippen LogP contribution in [0.25, 0.3) is 0 Å². The van der Waals surface area contributed by atoms with Gasteiger partial charge in [0, 0.05) is 0 Å². The predicted molar refractivity (Wildman–Crippen MR) is 97.3 cm³/mol. The zero-order chi connectivity index (χ0) is 18.4. The quantitative estimate of drug-likeness (QED) is 0.758. The number of hydrogen-bond donors (Lipinski definition) is 1. The van der Waals surface area contributed by atoms with Gasteiger partial charge in [-0.25, -0.2) is 4.79 Å². The molecular formula is C18H21NO5S. The van der Waals surface area contributed by atoms with E-state index in [-0.39, 0.29) is 11.7 Å². The molecule has 0 spiro atoms. The molecule has 2 rings (SSSR count). The number of hydrogen-bond acceptors (Lipinski definition) is 6. The lowest BCUT2D eigenvalue weighted by Gasteiger charge is -2.10. The summed E-state index contributed by atoms with van der Waals surface area (Å²) in [6, 6.07) is 7.25. The van der Waals surface area contributed by atoms with Crippen LogP contribution in [0.1, 0.15) is 27.4 Å². The fourth-order valence-corrected chi connectivity index (χ4v) is 2.98. The third kappa shape index (κ3) is 5.03. The van der Waals surface area contributed by atoms with Crippen molar-refractivity contribution in [1.82, 2.24) is 0 Å². The topological polar surface area (TPSA) is 77.8 Å². The van der Waals surface area contributed by atoms with Crippen LogP contribution >= 0.6 is 11.8 Å². The highest BCUT2D eigenvalue weighted by Crippen LogP contribution is 2.26. The number of nitrogens with one attached hydrogen (secondary N) is 1. The third-order valence-corrected chi connectivity index (χ3v) is 4.44. The Bertz CT molecular complexity index is 769. The number of esters is 1. The van der Waals surface area contributed by atoms with Gasteiger partial charge in [0.25, 0.3) is 0 Å². The molecule has 0 saturated heterocycles. The Hall–Kier alpha value is -2.41. The van der Waals surface area contributed by atoms with Crippen molar-refractivity contribution in [3.63, 3.8) is 0 Å². The van der Waals surface area contributed by atoms with Gasteiger partial charge in [-0.15, -0.1) is 11.8 Å². The summed E-state index contributed by atoms with van der Waals surface area (Å²) in [5.41, 5.74) is 2.09. The van der Waals surface area contributed by atoms with Crippen molar-refractivity contribution in [2.75, 3.05) is 25.3 Å². The number of ether oxygens (including phenoxy) is 2. The number of amides is 1. The average Bonchev–Trinajstić information content (AvgIpc) is 2.95. The van der Waals surface area contributed by atoms with Crippen molar-refractivity contribution in [3.05, 3.63) is 46.9 Å². The molecule has 0 bridgehead atoms. The van der Waals surface area contributed by atoms with Gasteiger partial charge in [0.15, 0.2) is 0 Å². The second-order valence-electron chi connectivity index (χ2n) is 5.42. The van der Waals surface area contributed by atoms with Crippen LogP contribution in [0.15, 0.2) is 28.7 Å². The molecule has 0 aliphatic rings. The summed E-state index contributed by atoms with van der Waals surface area (Å²) in [6.07, 6.45) is 0. The number of carbonyl (C=O) groups excluding carboxylic acids is 2. The first-order valence-corrected chi connectivity index (χ1v) is 8.80. The normalized spacial score (nSPS) is 10.4. The summed E-state index contributed by atoms with van der Waals surface area (Å²) in [7, 11) is 2.89. The molecule has 0 saturated carbocycles. The van der Waals surface area contributed by atoms with E-state index in [2.05, 4.69) is 10.1 Å². The van der Waals surface area contributed by atoms with Gasteiger partial charge < -0.3 is 19.2 Å². The molecule has 6 nitrogen and oxygen atoms in total. The van der Waals surface area contributed by atoms with Crippen LogP contribution in [0.5, 0.6) is 5.75 Å². The highest BCUT2D eigenvalue weighted by molar-refractivity contribution is 7.99. The van der Waals surface area contributed by atoms with E-state index in [0.29, 0.717) is 34.3 Å². The van der Waals surface area contributed by atoms with Crippen LogP contribution in [0, 0.1) is 13.8 Å². The largest absolute Gasteiger partial charge is 0.495 e. The molecule has 134 valence electrons. The zero-order valence-electron chi connectivity index (χ0n) is 14.7. The zero-order valence-corrected chi connectivity index (χ0v) is 15.5. The minimum Gasteiger partial charge on any atom is -0.495 e. The molecule has 1 amide bonds. The van der Waals surface area contributed by atoms with E-state index >= 15 is 0 Å². The van der Waals surface area contributed by atoms with Crippen LogP contribution < -0.4 is 10.1 Å². The number of rotatable bonds is 7. The summed E-state index contributed by atoms with van der Waals surface area (Å²) in [6.45, 7) is 3.65. The van der Waals surface area contributed by atoms with Gasteiger partial charge in [-0.2, -0.15) is 0 Å². The Morgan fingerprint density at radius 3 is 2.64 bits per heavy atom. The average molecular weight is 363 g/mol. The Labute approximate surface area is 150 Å². The standard InChI is InChI=1S/C18H21NO5S/c1-11-5-6-16(22-3)15(7-11)19-17(20)10-25-9-13-8-14(12(2)24-13)18(21)23-4/h5-8H,9-10H2,1-4H3,(H,19,20). The fraction of sp³-hybridized carbons (Fsp3) is 0.333. The molecule has 1 aromatic heterocycles. The van der Waals surface area contributed by atoms with Gasteiger partial charge >= 0.3 is 5.97 Å². The van der Waals surface area contributed by atoms with E-state index in [4.69, 9.17) is 9.15 Å². The molecule has 2 aromatic rings. The summed E-state index contributed by atoms with van der Waals surface area (Å²) >= 11 is 1.39. The smallest absolute Gasteiger partial charge is 0.341 e. The first-order chi connectivity index (χ1) is 11.9. The molecule has 0 radical (unpaired) electrons. The van der Waals surface area contributed by atoms with Crippen LogP contribution in [0.2, 0.25) is 0 Å². The molecule has 25 heavy (non-hydrogen) atoms. The SMILES string of the molecule is COC(=O)c1cc(CSCC(=O)Nc2cc(C)ccc2OC)oc1C. The number of aryl methyl sites for hydroxylation is 2. The van der Waals surface area contributed by atoms with E-state index in [1.165, 1.54) is 18.9 Å². The number of carbonyl (C=O) groups is 2. The van der Waals surface area contributed by atoms with E-state index in [0.717, 1.165) is 5.56 Å². The van der Waals surface area contributed by atoms with Crippen LogP contribution in [-0.4, -0.2) is 31.8 Å². The Balaban J connectivity index is 1.89. The second-order valence-corrected chi connectivity index (χ2v) is 6.40. The molecule has 1 aromatic carbocycles. The Morgan fingerprint density at radius 1 is 1.20 bits per heavy atom. The van der Waals surface area contributed by atoms with E-state index < -0.39 is 5.97 Å². The Morgan fingerprint density at radius 2 is 1.96 bits per heavy atom. The summed E-state index contributed by atoms with van der Waals surface area (Å²) in [4.78, 5) is 23.7. The van der Waals surface area contributed by atoms with Gasteiger partial charge in [-0.05, 0) is 37.6 Å². The van der Waals surface area contributed by atoms with E-state index in [1.807, 2.05) is 25.1 Å². The van der Waals surface area contributed by atoms with Gasteiger partial charge in [0.2, 0.25) is 5.91 Å². The minimum atomic E-state index is -0.429. The maximum Gasteiger partial charge on any atom is 0.341 e. The van der Waals surface area contributed by atoms with Gasteiger partial charge in [-0.3, -0.25) is 4.79 Å². The van der Waals surface area contributed by atoms with Gasteiger partial charge in [-0.1, -0.05) is 6.07 Å². The summed E-state index contributed by atoms with van der Waals surface area (Å²) in [5, 5.41) is 2.84. The number of methoxy groups -OCH3 is 2. The molecule has 1 heterocycles. The second kappa shape index (κ2) is 8.62. The maximum absolute atomic E-state index is 12.1. The van der Waals surface area contributed by atoms with Crippen molar-refractivity contribution >= 4 is 29.3 Å². The monoisotopic (exact) mass is 363 g/mol. The first kappa shape index (κ1) is 18.9. The number of thioether (sulfide) groups is 1. The molecule has 7 heteroatoms. The predicted octanol–water partition coefficient (Wildman–Crippen LogP) is 3.56. The summed E-state index contributed by atoms with van der Waals surface area (Å²) < 4.78 is 15.4. The molecule has 1 N–H and O–H groups in total. The number of anilines is 1. The van der Waals surface area contributed by atoms with Gasteiger partial charge in [0.1, 0.15) is 22.8 Å².